The summed E-state index contributed by atoms with van der Waals surface area (Å²) in [6.07, 6.45) is 5.13. The molecule has 0 radical (unpaired) electrons. The average Bonchev–Trinajstić information content (AvgIpc) is 2.41. The molecule has 0 heterocycles. The van der Waals surface area contributed by atoms with Gasteiger partial charge in [-0.15, -0.1) is 0 Å². The van der Waals surface area contributed by atoms with Crippen LogP contribution >= 0.6 is 0 Å². The molecule has 0 N–H and O–H groups in total. The fourth-order valence-corrected chi connectivity index (χ4v) is 11.1. The predicted molar refractivity (Wildman–Crippen MR) is 108 cm³/mol. The Labute approximate surface area is 143 Å². The highest BCUT2D eigenvalue weighted by molar-refractivity contribution is 6.82. The van der Waals surface area contributed by atoms with Gasteiger partial charge >= 0.3 is 0 Å². The summed E-state index contributed by atoms with van der Waals surface area (Å²) in [5.74, 6) is 0.732. The first kappa shape index (κ1) is 22.4. The van der Waals surface area contributed by atoms with E-state index in [4.69, 9.17) is 4.43 Å². The maximum atomic E-state index is 7.07. The highest BCUT2D eigenvalue weighted by Crippen LogP contribution is 2.51. The Kier molecular flexibility index (Phi) is 8.12. The van der Waals surface area contributed by atoms with Gasteiger partial charge in [-0.3, -0.25) is 0 Å². The van der Waals surface area contributed by atoms with Gasteiger partial charge < -0.3 is 4.43 Å². The molecule has 2 unspecified atom stereocenters. The first-order valence-corrected chi connectivity index (χ1v) is 15.6. The van der Waals surface area contributed by atoms with Crippen molar-refractivity contribution < 1.29 is 4.43 Å². The normalized spacial score (nSPS) is 18.1. The quantitative estimate of drug-likeness (QED) is 0.379. The van der Waals surface area contributed by atoms with Crippen molar-refractivity contribution in [1.82, 2.24) is 0 Å². The summed E-state index contributed by atoms with van der Waals surface area (Å²) in [6.45, 7) is 26.7. The van der Waals surface area contributed by atoms with Crippen LogP contribution in [0.2, 0.25) is 37.3 Å². The van der Waals surface area contributed by atoms with E-state index in [9.17, 15) is 0 Å². The lowest BCUT2D eigenvalue weighted by atomic mass is 9.90. The molecule has 0 spiro atoms. The van der Waals surface area contributed by atoms with Gasteiger partial charge in [0, 0.05) is 5.22 Å². The summed E-state index contributed by atoms with van der Waals surface area (Å²) in [5.41, 5.74) is 0. The van der Waals surface area contributed by atoms with Crippen molar-refractivity contribution in [2.45, 2.75) is 117 Å². The third-order valence-corrected chi connectivity index (χ3v) is 16.9. The van der Waals surface area contributed by atoms with Crippen LogP contribution in [0.15, 0.2) is 0 Å². The van der Waals surface area contributed by atoms with Crippen LogP contribution in [0, 0.1) is 5.92 Å². The van der Waals surface area contributed by atoms with Gasteiger partial charge in [0.1, 0.15) is 0 Å². The minimum absolute atomic E-state index is 0.0712. The summed E-state index contributed by atoms with van der Waals surface area (Å²) in [5, 5.41) is 0.427. The SMILES string of the molecule is CCCC[Si](C)(C)C(C)(C)O[Si](C)(C)C(C)(CC)C(C)CC. The van der Waals surface area contributed by atoms with E-state index in [0.29, 0.717) is 5.04 Å². The predicted octanol–water partition coefficient (Wildman–Crippen LogP) is 7.25. The Hall–Kier alpha value is 0.394. The highest BCUT2D eigenvalue weighted by atomic mass is 28.4. The molecule has 0 aliphatic rings. The second-order valence-electron chi connectivity index (χ2n) is 9.19. The van der Waals surface area contributed by atoms with Crippen molar-refractivity contribution >= 4 is 16.4 Å². The second-order valence-corrected chi connectivity index (χ2v) is 19.0. The monoisotopic (exact) mass is 344 g/mol. The van der Waals surface area contributed by atoms with Crippen LogP contribution in [0.1, 0.15) is 74.1 Å². The van der Waals surface area contributed by atoms with Crippen molar-refractivity contribution in [3.63, 3.8) is 0 Å². The van der Waals surface area contributed by atoms with E-state index in [1.807, 2.05) is 0 Å². The molecular weight excluding hydrogens is 300 g/mol. The smallest absolute Gasteiger partial charge is 0.193 e. The van der Waals surface area contributed by atoms with Gasteiger partial charge in [0.2, 0.25) is 0 Å². The molecule has 0 aromatic heterocycles. The summed E-state index contributed by atoms with van der Waals surface area (Å²) < 4.78 is 7.07. The van der Waals surface area contributed by atoms with E-state index >= 15 is 0 Å². The van der Waals surface area contributed by atoms with Gasteiger partial charge in [0.25, 0.3) is 0 Å². The molecule has 0 amide bonds. The Morgan fingerprint density at radius 3 is 1.82 bits per heavy atom. The molecule has 0 aromatic rings. The molecule has 3 heteroatoms. The van der Waals surface area contributed by atoms with Gasteiger partial charge in [-0.2, -0.15) is 0 Å². The van der Waals surface area contributed by atoms with Crippen molar-refractivity contribution in [1.29, 1.82) is 0 Å². The van der Waals surface area contributed by atoms with E-state index in [1.165, 1.54) is 31.7 Å². The largest absolute Gasteiger partial charge is 0.415 e. The summed E-state index contributed by atoms with van der Waals surface area (Å²) in [6, 6.07) is 1.38. The maximum absolute atomic E-state index is 7.07. The topological polar surface area (TPSA) is 9.23 Å². The maximum Gasteiger partial charge on any atom is 0.193 e. The van der Waals surface area contributed by atoms with Crippen LogP contribution in [0.25, 0.3) is 0 Å². The number of hydrogen-bond donors (Lipinski definition) is 0. The number of hydrogen-bond acceptors (Lipinski definition) is 1. The van der Waals surface area contributed by atoms with Crippen LogP contribution in [0.5, 0.6) is 0 Å². The average molecular weight is 345 g/mol. The first-order chi connectivity index (χ1) is 9.81. The van der Waals surface area contributed by atoms with Crippen LogP contribution in [0.4, 0.5) is 0 Å². The van der Waals surface area contributed by atoms with Crippen LogP contribution in [-0.4, -0.2) is 21.6 Å². The van der Waals surface area contributed by atoms with E-state index in [-0.39, 0.29) is 5.22 Å². The van der Waals surface area contributed by atoms with Crippen LogP contribution in [0.3, 0.4) is 0 Å². The lowest BCUT2D eigenvalue weighted by molar-refractivity contribution is 0.148. The van der Waals surface area contributed by atoms with Gasteiger partial charge in [-0.25, -0.2) is 0 Å². The standard InChI is InChI=1S/C19H44OSi2/c1-12-15-16-21(8,9)18(5,6)20-22(10,11)19(7,14-3)17(4)13-2/h17H,12-16H2,1-11H3. The minimum atomic E-state index is -1.79. The van der Waals surface area contributed by atoms with E-state index < -0.39 is 16.4 Å². The molecule has 22 heavy (non-hydrogen) atoms. The molecule has 0 fully saturated rings. The third kappa shape index (κ3) is 4.70. The Morgan fingerprint density at radius 2 is 1.45 bits per heavy atom. The second kappa shape index (κ2) is 7.98. The molecule has 2 atom stereocenters. The third-order valence-electron chi connectivity index (χ3n) is 7.11. The molecule has 0 bridgehead atoms. The van der Waals surface area contributed by atoms with E-state index in [0.717, 1.165) is 5.92 Å². The molecule has 0 rings (SSSR count). The summed E-state index contributed by atoms with van der Waals surface area (Å²) in [4.78, 5) is 0. The van der Waals surface area contributed by atoms with E-state index in [1.54, 1.807) is 0 Å². The molecule has 0 saturated heterocycles. The van der Waals surface area contributed by atoms with Crippen molar-refractivity contribution in [3.05, 3.63) is 0 Å². The van der Waals surface area contributed by atoms with Crippen molar-refractivity contribution in [2.24, 2.45) is 5.92 Å². The number of unbranched alkanes of at least 4 members (excludes halogenated alkanes) is 1. The molecule has 0 aliphatic heterocycles. The van der Waals surface area contributed by atoms with Gasteiger partial charge in [0.05, 0.1) is 8.07 Å². The summed E-state index contributed by atoms with van der Waals surface area (Å²) in [7, 11) is -3.18. The zero-order valence-electron chi connectivity index (χ0n) is 17.5. The fourth-order valence-electron chi connectivity index (χ4n) is 3.63. The van der Waals surface area contributed by atoms with E-state index in [2.05, 4.69) is 74.7 Å². The van der Waals surface area contributed by atoms with Gasteiger partial charge in [-0.05, 0) is 37.9 Å². The number of rotatable bonds is 10. The minimum Gasteiger partial charge on any atom is -0.415 e. The molecule has 0 aromatic carbocycles. The van der Waals surface area contributed by atoms with Crippen LogP contribution < -0.4 is 0 Å². The first-order valence-electron chi connectivity index (χ1n) is 9.51. The lowest BCUT2D eigenvalue weighted by Gasteiger charge is -2.52. The van der Waals surface area contributed by atoms with Crippen LogP contribution in [-0.2, 0) is 4.43 Å². The zero-order valence-corrected chi connectivity index (χ0v) is 19.5. The Bertz CT molecular complexity index is 336. The zero-order chi connectivity index (χ0) is 17.8. The Morgan fingerprint density at radius 1 is 0.955 bits per heavy atom. The lowest BCUT2D eigenvalue weighted by Crippen LogP contribution is -2.60. The van der Waals surface area contributed by atoms with Crippen molar-refractivity contribution in [3.8, 4) is 0 Å². The molecule has 134 valence electrons. The van der Waals surface area contributed by atoms with Crippen molar-refractivity contribution in [2.75, 3.05) is 0 Å². The molecule has 0 saturated carbocycles. The molecular formula is C19H44OSi2. The Balaban J connectivity index is 5.39. The fraction of sp³-hybridized carbons (Fsp3) is 1.00. The van der Waals surface area contributed by atoms with Gasteiger partial charge in [-0.1, -0.05) is 79.4 Å². The highest BCUT2D eigenvalue weighted by Gasteiger charge is 2.51. The summed E-state index contributed by atoms with van der Waals surface area (Å²) >= 11 is 0. The molecule has 0 aliphatic carbocycles. The molecule has 1 nitrogen and oxygen atoms in total. The van der Waals surface area contributed by atoms with Gasteiger partial charge in [0.15, 0.2) is 8.32 Å².